The SMILES string of the molecule is Cn1cnnc1C1(F)CCN(c2c(C#N)cc(C(F)(F)F)nc2-c2cnc3nn(C(C)(C)C)nc3c2)CC1. The lowest BCUT2D eigenvalue weighted by Gasteiger charge is -2.38. The van der Waals surface area contributed by atoms with E-state index in [0.717, 1.165) is 6.07 Å². The van der Waals surface area contributed by atoms with E-state index in [1.165, 1.54) is 21.9 Å². The maximum absolute atomic E-state index is 15.8. The zero-order valence-corrected chi connectivity index (χ0v) is 21.1. The van der Waals surface area contributed by atoms with Gasteiger partial charge in [-0.2, -0.15) is 28.3 Å². The molecule has 1 fully saturated rings. The number of halogens is 4. The quantitative estimate of drug-likeness (QED) is 0.365. The minimum Gasteiger partial charge on any atom is -0.368 e. The summed E-state index contributed by atoms with van der Waals surface area (Å²) in [6.45, 7) is 5.95. The molecule has 0 aliphatic carbocycles. The lowest BCUT2D eigenvalue weighted by Crippen LogP contribution is -2.42. The van der Waals surface area contributed by atoms with Gasteiger partial charge in [-0.3, -0.25) is 0 Å². The van der Waals surface area contributed by atoms with E-state index in [4.69, 9.17) is 0 Å². The fourth-order valence-electron chi connectivity index (χ4n) is 4.53. The highest BCUT2D eigenvalue weighted by Gasteiger charge is 2.42. The molecule has 5 rings (SSSR count). The number of hydrogen-bond donors (Lipinski definition) is 0. The van der Waals surface area contributed by atoms with Crippen LogP contribution in [0.4, 0.5) is 23.2 Å². The van der Waals surface area contributed by atoms with Crippen LogP contribution in [0, 0.1) is 11.3 Å². The topological polar surface area (TPSA) is 114 Å². The molecule has 38 heavy (non-hydrogen) atoms. The molecule has 1 aliphatic rings. The van der Waals surface area contributed by atoms with Crippen LogP contribution in [0.15, 0.2) is 24.7 Å². The summed E-state index contributed by atoms with van der Waals surface area (Å²) >= 11 is 0. The van der Waals surface area contributed by atoms with Gasteiger partial charge in [0.15, 0.2) is 11.5 Å². The smallest absolute Gasteiger partial charge is 0.368 e. The number of rotatable bonds is 3. The van der Waals surface area contributed by atoms with Crippen molar-refractivity contribution in [2.24, 2.45) is 7.05 Å². The highest BCUT2D eigenvalue weighted by molar-refractivity contribution is 5.84. The first-order valence-corrected chi connectivity index (χ1v) is 11.8. The van der Waals surface area contributed by atoms with E-state index < -0.39 is 23.1 Å². The minimum atomic E-state index is -4.78. The Labute approximate surface area is 214 Å². The summed E-state index contributed by atoms with van der Waals surface area (Å²) in [6, 6.07) is 4.15. The van der Waals surface area contributed by atoms with Crippen molar-refractivity contribution in [1.82, 2.24) is 39.7 Å². The molecule has 0 N–H and O–H groups in total. The fraction of sp³-hybridized carbons (Fsp3) is 0.458. The first-order valence-electron chi connectivity index (χ1n) is 11.8. The normalized spacial score (nSPS) is 16.1. The van der Waals surface area contributed by atoms with Gasteiger partial charge in [0.25, 0.3) is 0 Å². The minimum absolute atomic E-state index is 0.00204. The number of aryl methyl sites for hydroxylation is 1. The molecule has 14 heteroatoms. The molecule has 0 atom stereocenters. The van der Waals surface area contributed by atoms with E-state index in [-0.39, 0.29) is 54.3 Å². The van der Waals surface area contributed by atoms with E-state index in [9.17, 15) is 18.4 Å². The number of anilines is 1. The van der Waals surface area contributed by atoms with Crippen molar-refractivity contribution in [2.45, 2.75) is 51.0 Å². The van der Waals surface area contributed by atoms with Gasteiger partial charge < -0.3 is 9.47 Å². The Morgan fingerprint density at radius 2 is 1.79 bits per heavy atom. The van der Waals surface area contributed by atoms with Crippen LogP contribution in [0.25, 0.3) is 22.4 Å². The summed E-state index contributed by atoms with van der Waals surface area (Å²) < 4.78 is 58.6. The molecule has 4 aromatic heterocycles. The van der Waals surface area contributed by atoms with Gasteiger partial charge in [0.1, 0.15) is 23.6 Å². The molecule has 0 spiro atoms. The van der Waals surface area contributed by atoms with E-state index >= 15 is 4.39 Å². The monoisotopic (exact) mass is 528 g/mol. The number of alkyl halides is 4. The first kappa shape index (κ1) is 25.5. The number of fused-ring (bicyclic) bond motifs is 1. The molecule has 0 saturated carbocycles. The number of hydrogen-bond acceptors (Lipinski definition) is 8. The van der Waals surface area contributed by atoms with Crippen molar-refractivity contribution in [3.05, 3.63) is 41.7 Å². The molecule has 1 saturated heterocycles. The van der Waals surface area contributed by atoms with Gasteiger partial charge in [0, 0.05) is 44.7 Å². The van der Waals surface area contributed by atoms with Gasteiger partial charge in [0.2, 0.25) is 5.65 Å². The van der Waals surface area contributed by atoms with Crippen LogP contribution < -0.4 is 4.90 Å². The summed E-state index contributed by atoms with van der Waals surface area (Å²) in [5, 5.41) is 26.3. The summed E-state index contributed by atoms with van der Waals surface area (Å²) in [5.74, 6) is 0.181. The predicted molar refractivity (Wildman–Crippen MR) is 129 cm³/mol. The van der Waals surface area contributed by atoms with Gasteiger partial charge in [0.05, 0.1) is 22.5 Å². The maximum atomic E-state index is 15.8. The van der Waals surface area contributed by atoms with Crippen molar-refractivity contribution < 1.29 is 17.6 Å². The van der Waals surface area contributed by atoms with Gasteiger partial charge >= 0.3 is 6.18 Å². The zero-order chi connectivity index (χ0) is 27.5. The molecule has 0 amide bonds. The van der Waals surface area contributed by atoms with E-state index in [1.807, 2.05) is 26.8 Å². The zero-order valence-electron chi connectivity index (χ0n) is 21.1. The lowest BCUT2D eigenvalue weighted by molar-refractivity contribution is -0.141. The number of nitriles is 1. The van der Waals surface area contributed by atoms with Crippen molar-refractivity contribution in [1.29, 1.82) is 5.26 Å². The average molecular weight is 529 g/mol. The number of piperidine rings is 1. The Balaban J connectivity index is 1.61. The van der Waals surface area contributed by atoms with Gasteiger partial charge in [-0.05, 0) is 32.9 Å². The van der Waals surface area contributed by atoms with Crippen LogP contribution >= 0.6 is 0 Å². The van der Waals surface area contributed by atoms with Crippen molar-refractivity contribution in [2.75, 3.05) is 18.0 Å². The molecular formula is C24H24F4N10. The molecule has 5 heterocycles. The number of nitrogens with zero attached hydrogens (tertiary/aromatic N) is 10. The van der Waals surface area contributed by atoms with Crippen molar-refractivity contribution in [3.63, 3.8) is 0 Å². The average Bonchev–Trinajstić information content (AvgIpc) is 3.49. The van der Waals surface area contributed by atoms with E-state index in [0.29, 0.717) is 11.2 Å². The van der Waals surface area contributed by atoms with Crippen molar-refractivity contribution >= 4 is 16.9 Å². The molecular weight excluding hydrogens is 504 g/mol. The molecule has 0 bridgehead atoms. The molecule has 0 unspecified atom stereocenters. The highest BCUT2D eigenvalue weighted by atomic mass is 19.4. The molecule has 0 radical (unpaired) electrons. The summed E-state index contributed by atoms with van der Waals surface area (Å²) in [5.41, 5.74) is -2.60. The Morgan fingerprint density at radius 1 is 1.08 bits per heavy atom. The summed E-state index contributed by atoms with van der Waals surface area (Å²) in [7, 11) is 1.65. The van der Waals surface area contributed by atoms with Gasteiger partial charge in [-0.15, -0.1) is 15.3 Å². The third-order valence-electron chi connectivity index (χ3n) is 6.50. The standard InChI is InChI=1S/C24H24F4N10/c1-22(2,3)38-34-16-9-15(12-30-20(16)35-38)18-19(14(11-29)10-17(32-18)24(26,27)28)37-7-5-23(25,6-8-37)21-33-31-13-36(21)4/h9-10,12-13H,5-8H2,1-4H3. The third kappa shape index (κ3) is 4.42. The Morgan fingerprint density at radius 3 is 2.37 bits per heavy atom. The van der Waals surface area contributed by atoms with Crippen LogP contribution in [0.3, 0.4) is 0 Å². The van der Waals surface area contributed by atoms with Crippen LogP contribution in [0.1, 0.15) is 50.7 Å². The van der Waals surface area contributed by atoms with Gasteiger partial charge in [-0.25, -0.2) is 14.4 Å². The summed E-state index contributed by atoms with van der Waals surface area (Å²) in [6.07, 6.45) is -2.01. The van der Waals surface area contributed by atoms with E-state index in [1.54, 1.807) is 18.0 Å². The molecule has 10 nitrogen and oxygen atoms in total. The Hall–Kier alpha value is -4.15. The number of pyridine rings is 2. The highest BCUT2D eigenvalue weighted by Crippen LogP contribution is 2.42. The Bertz CT molecular complexity index is 1550. The van der Waals surface area contributed by atoms with Crippen LogP contribution in [0.5, 0.6) is 0 Å². The second kappa shape index (κ2) is 8.71. The van der Waals surface area contributed by atoms with E-state index in [2.05, 4.69) is 30.4 Å². The second-order valence-electron chi connectivity index (χ2n) is 10.3. The van der Waals surface area contributed by atoms with Gasteiger partial charge in [-0.1, -0.05) is 0 Å². The molecule has 4 aromatic rings. The molecule has 1 aliphatic heterocycles. The lowest BCUT2D eigenvalue weighted by atomic mass is 9.91. The predicted octanol–water partition coefficient (Wildman–Crippen LogP) is 4.13. The van der Waals surface area contributed by atoms with Crippen molar-refractivity contribution in [3.8, 4) is 17.3 Å². The maximum Gasteiger partial charge on any atom is 0.433 e. The number of aromatic nitrogens is 8. The molecule has 0 aromatic carbocycles. The molecule has 198 valence electrons. The van der Waals surface area contributed by atoms with Crippen LogP contribution in [0.2, 0.25) is 0 Å². The fourth-order valence-corrected chi connectivity index (χ4v) is 4.53. The largest absolute Gasteiger partial charge is 0.433 e. The van der Waals surface area contributed by atoms with Crippen LogP contribution in [-0.2, 0) is 24.4 Å². The second-order valence-corrected chi connectivity index (χ2v) is 10.3. The summed E-state index contributed by atoms with van der Waals surface area (Å²) in [4.78, 5) is 11.4. The Kier molecular flexibility index (Phi) is 5.85. The third-order valence-corrected chi connectivity index (χ3v) is 6.50. The first-order chi connectivity index (χ1) is 17.8. The van der Waals surface area contributed by atoms with Crippen LogP contribution in [-0.4, -0.2) is 52.8 Å².